The molecule has 4 rings (SSSR count). The highest BCUT2D eigenvalue weighted by molar-refractivity contribution is 6.31. The van der Waals surface area contributed by atoms with E-state index in [0.717, 1.165) is 36.7 Å². The molecule has 1 atom stereocenters. The number of alkyl halides is 3. The summed E-state index contributed by atoms with van der Waals surface area (Å²) in [6, 6.07) is 3.45. The Morgan fingerprint density at radius 2 is 2.00 bits per heavy atom. The van der Waals surface area contributed by atoms with E-state index in [0.29, 0.717) is 49.7 Å². The number of hydrogen-bond acceptors (Lipinski definition) is 4. The number of likely N-dealkylation sites (tertiary alicyclic amines) is 1. The molecule has 1 saturated heterocycles. The van der Waals surface area contributed by atoms with Crippen LogP contribution in [0, 0.1) is 0 Å². The molecule has 1 aromatic heterocycles. The van der Waals surface area contributed by atoms with Crippen molar-refractivity contribution in [3.05, 3.63) is 46.0 Å². The lowest BCUT2D eigenvalue weighted by Crippen LogP contribution is -2.31. The Labute approximate surface area is 177 Å². The highest BCUT2D eigenvalue weighted by Gasteiger charge is 2.33. The van der Waals surface area contributed by atoms with Gasteiger partial charge in [0.25, 0.3) is 0 Å². The quantitative estimate of drug-likeness (QED) is 0.733. The minimum absolute atomic E-state index is 0.0558. The Balaban J connectivity index is 1.46. The molecule has 1 amide bonds. The Morgan fingerprint density at radius 1 is 1.20 bits per heavy atom. The maximum atomic E-state index is 13.0. The predicted molar refractivity (Wildman–Crippen MR) is 105 cm³/mol. The second-order valence-corrected chi connectivity index (χ2v) is 8.31. The van der Waals surface area contributed by atoms with Crippen LogP contribution in [0.4, 0.5) is 13.2 Å². The van der Waals surface area contributed by atoms with Gasteiger partial charge in [-0.1, -0.05) is 11.6 Å². The van der Waals surface area contributed by atoms with Crippen molar-refractivity contribution in [2.75, 3.05) is 26.2 Å². The number of fused-ring (bicyclic) bond motifs is 1. The molecule has 1 fully saturated rings. The van der Waals surface area contributed by atoms with E-state index in [9.17, 15) is 18.0 Å². The van der Waals surface area contributed by atoms with Gasteiger partial charge in [-0.3, -0.25) is 9.69 Å². The minimum atomic E-state index is -4.39. The molecule has 162 valence electrons. The Kier molecular flexibility index (Phi) is 5.76. The summed E-state index contributed by atoms with van der Waals surface area (Å²) < 4.78 is 41.2. The Morgan fingerprint density at radius 3 is 2.73 bits per heavy atom. The Hall–Kier alpha value is -2.13. The van der Waals surface area contributed by atoms with E-state index in [2.05, 4.69) is 19.7 Å². The zero-order valence-electron chi connectivity index (χ0n) is 16.6. The summed E-state index contributed by atoms with van der Waals surface area (Å²) in [4.78, 5) is 15.6. The van der Waals surface area contributed by atoms with Crippen LogP contribution in [0.25, 0.3) is 0 Å². The van der Waals surface area contributed by atoms with Gasteiger partial charge in [0, 0.05) is 57.0 Å². The number of carbonyl (C=O) groups is 1. The first-order chi connectivity index (χ1) is 14.2. The van der Waals surface area contributed by atoms with Crippen molar-refractivity contribution in [3.63, 3.8) is 0 Å². The molecular weight excluding hydrogens is 419 g/mol. The van der Waals surface area contributed by atoms with Gasteiger partial charge in [0.1, 0.15) is 11.6 Å². The van der Waals surface area contributed by atoms with Crippen LogP contribution in [0.1, 0.15) is 42.0 Å². The van der Waals surface area contributed by atoms with Crippen molar-refractivity contribution in [2.45, 2.75) is 44.9 Å². The topological polar surface area (TPSA) is 54.3 Å². The molecule has 10 heteroatoms. The van der Waals surface area contributed by atoms with Gasteiger partial charge in [0.05, 0.1) is 5.56 Å². The normalized spacial score (nSPS) is 20.3. The molecular formula is C20H23ClF3N5O. The standard InChI is InChI=1S/C20H23ClF3N5O/c1-13(30)28-7-5-18-25-26-19(29(18)9-8-28)14-4-6-27(11-14)12-15-10-16(20(22,23)24)2-3-17(15)21/h2-3,10,14H,4-9,11-12H2,1H3. The monoisotopic (exact) mass is 441 g/mol. The summed E-state index contributed by atoms with van der Waals surface area (Å²) in [5.41, 5.74) is -0.209. The number of benzene rings is 1. The first kappa shape index (κ1) is 21.1. The smallest absolute Gasteiger partial charge is 0.341 e. The van der Waals surface area contributed by atoms with Crippen molar-refractivity contribution in [1.29, 1.82) is 0 Å². The van der Waals surface area contributed by atoms with Crippen molar-refractivity contribution >= 4 is 17.5 Å². The highest BCUT2D eigenvalue weighted by atomic mass is 35.5. The third kappa shape index (κ3) is 4.32. The first-order valence-electron chi connectivity index (χ1n) is 9.98. The first-order valence-corrected chi connectivity index (χ1v) is 10.4. The molecule has 0 saturated carbocycles. The number of aromatic nitrogens is 3. The lowest BCUT2D eigenvalue weighted by atomic mass is 10.1. The van der Waals surface area contributed by atoms with Crippen LogP contribution >= 0.6 is 11.6 Å². The molecule has 2 aliphatic rings. The van der Waals surface area contributed by atoms with Gasteiger partial charge < -0.3 is 9.47 Å². The molecule has 2 aliphatic heterocycles. The molecule has 0 spiro atoms. The molecule has 1 unspecified atom stereocenters. The van der Waals surface area contributed by atoms with Crippen molar-refractivity contribution < 1.29 is 18.0 Å². The minimum Gasteiger partial charge on any atom is -0.341 e. The summed E-state index contributed by atoms with van der Waals surface area (Å²) in [5.74, 6) is 1.99. The molecule has 0 radical (unpaired) electrons. The average molecular weight is 442 g/mol. The van der Waals surface area contributed by atoms with E-state index in [1.54, 1.807) is 6.92 Å². The van der Waals surface area contributed by atoms with Crippen LogP contribution in [0.2, 0.25) is 5.02 Å². The van der Waals surface area contributed by atoms with Gasteiger partial charge in [-0.25, -0.2) is 0 Å². The lowest BCUT2D eigenvalue weighted by molar-refractivity contribution is -0.137. The Bertz CT molecular complexity index is 945. The molecule has 0 N–H and O–H groups in total. The van der Waals surface area contributed by atoms with E-state index in [1.807, 2.05) is 4.90 Å². The molecule has 1 aromatic carbocycles. The second-order valence-electron chi connectivity index (χ2n) is 7.91. The summed E-state index contributed by atoms with van der Waals surface area (Å²) in [5, 5.41) is 9.07. The van der Waals surface area contributed by atoms with E-state index < -0.39 is 11.7 Å². The summed E-state index contributed by atoms with van der Waals surface area (Å²) in [6.07, 6.45) is -2.87. The lowest BCUT2D eigenvalue weighted by Gasteiger charge is -2.19. The van der Waals surface area contributed by atoms with Crippen molar-refractivity contribution in [1.82, 2.24) is 24.6 Å². The summed E-state index contributed by atoms with van der Waals surface area (Å²) in [7, 11) is 0. The predicted octanol–water partition coefficient (Wildman–Crippen LogP) is 3.34. The fourth-order valence-corrected chi connectivity index (χ4v) is 4.44. The van der Waals surface area contributed by atoms with Crippen molar-refractivity contribution in [3.8, 4) is 0 Å². The molecule has 30 heavy (non-hydrogen) atoms. The fourth-order valence-electron chi connectivity index (χ4n) is 4.26. The molecule has 0 bridgehead atoms. The average Bonchev–Trinajstić information content (AvgIpc) is 3.23. The summed E-state index contributed by atoms with van der Waals surface area (Å²) in [6.45, 7) is 5.29. The van der Waals surface area contributed by atoms with Crippen LogP contribution in [-0.4, -0.2) is 56.7 Å². The van der Waals surface area contributed by atoms with E-state index >= 15 is 0 Å². The fraction of sp³-hybridized carbons (Fsp3) is 0.550. The number of amides is 1. The van der Waals surface area contributed by atoms with Crippen molar-refractivity contribution in [2.24, 2.45) is 0 Å². The highest BCUT2D eigenvalue weighted by Crippen LogP contribution is 2.34. The summed E-state index contributed by atoms with van der Waals surface area (Å²) >= 11 is 6.16. The molecule has 0 aliphatic carbocycles. The third-order valence-corrected chi connectivity index (χ3v) is 6.27. The van der Waals surface area contributed by atoms with E-state index in [-0.39, 0.29) is 11.8 Å². The number of hydrogen-bond donors (Lipinski definition) is 0. The van der Waals surface area contributed by atoms with Gasteiger partial charge in [0.2, 0.25) is 5.91 Å². The van der Waals surface area contributed by atoms with E-state index in [4.69, 9.17) is 11.6 Å². The largest absolute Gasteiger partial charge is 0.416 e. The zero-order valence-corrected chi connectivity index (χ0v) is 17.4. The van der Waals surface area contributed by atoms with Gasteiger partial charge >= 0.3 is 6.18 Å². The van der Waals surface area contributed by atoms with Gasteiger partial charge in [-0.2, -0.15) is 13.2 Å². The molecule has 6 nitrogen and oxygen atoms in total. The molecule has 3 heterocycles. The van der Waals surface area contributed by atoms with Crippen LogP contribution < -0.4 is 0 Å². The maximum Gasteiger partial charge on any atom is 0.416 e. The van der Waals surface area contributed by atoms with Crippen LogP contribution in [0.3, 0.4) is 0 Å². The number of halogens is 4. The van der Waals surface area contributed by atoms with Gasteiger partial charge in [-0.15, -0.1) is 10.2 Å². The van der Waals surface area contributed by atoms with E-state index in [1.165, 1.54) is 6.07 Å². The SMILES string of the molecule is CC(=O)N1CCc2nnc(C3CCN(Cc4cc(C(F)(F)F)ccc4Cl)C3)n2CC1. The van der Waals surface area contributed by atoms with Crippen LogP contribution in [-0.2, 0) is 30.5 Å². The third-order valence-electron chi connectivity index (χ3n) is 5.90. The number of carbonyl (C=O) groups excluding carboxylic acids is 1. The zero-order chi connectivity index (χ0) is 21.5. The number of nitrogens with zero attached hydrogens (tertiary/aromatic N) is 5. The maximum absolute atomic E-state index is 13.0. The second kappa shape index (κ2) is 8.19. The van der Waals surface area contributed by atoms with Gasteiger partial charge in [0.15, 0.2) is 0 Å². The van der Waals surface area contributed by atoms with Crippen LogP contribution in [0.15, 0.2) is 18.2 Å². The van der Waals surface area contributed by atoms with Crippen LogP contribution in [0.5, 0.6) is 0 Å². The molecule has 2 aromatic rings. The number of rotatable bonds is 3. The van der Waals surface area contributed by atoms with Gasteiger partial charge in [-0.05, 0) is 36.7 Å².